The first-order chi connectivity index (χ1) is 13.3. The molecule has 6 heteroatoms. The quantitative estimate of drug-likeness (QED) is 0.615. The second-order valence-electron chi connectivity index (χ2n) is 6.74. The minimum Gasteiger partial charge on any atom is -0.497 e. The van der Waals surface area contributed by atoms with Gasteiger partial charge in [-0.2, -0.15) is 0 Å². The third kappa shape index (κ3) is 2.95. The molecule has 1 aromatic heterocycles. The van der Waals surface area contributed by atoms with Crippen LogP contribution in [0.4, 0.5) is 10.1 Å². The van der Waals surface area contributed by atoms with Gasteiger partial charge in [-0.3, -0.25) is 14.2 Å². The van der Waals surface area contributed by atoms with Crippen molar-refractivity contribution in [2.24, 2.45) is 0 Å². The SMILES string of the molecule is CCN(C=O)c1c(C)n(C(=O)c2c(C)cccc2C)c2c(F)cc(OC)cc12. The van der Waals surface area contributed by atoms with Gasteiger partial charge in [-0.15, -0.1) is 0 Å². The molecule has 0 fully saturated rings. The van der Waals surface area contributed by atoms with Crippen LogP contribution >= 0.6 is 0 Å². The average molecular weight is 382 g/mol. The Balaban J connectivity index is 2.42. The number of hydrogen-bond acceptors (Lipinski definition) is 3. The number of carbonyl (C=O) groups excluding carboxylic acids is 2. The van der Waals surface area contributed by atoms with Gasteiger partial charge in [-0.1, -0.05) is 18.2 Å². The van der Waals surface area contributed by atoms with E-state index in [-0.39, 0.29) is 11.4 Å². The number of hydrogen-bond donors (Lipinski definition) is 0. The predicted molar refractivity (Wildman–Crippen MR) is 108 cm³/mol. The Bertz CT molecular complexity index is 1070. The minimum absolute atomic E-state index is 0.140. The fourth-order valence-corrected chi connectivity index (χ4v) is 3.73. The zero-order chi connectivity index (χ0) is 20.6. The molecule has 0 bridgehead atoms. The molecule has 2 aromatic carbocycles. The van der Waals surface area contributed by atoms with Crippen LogP contribution in [0.3, 0.4) is 0 Å². The number of amides is 1. The van der Waals surface area contributed by atoms with E-state index in [4.69, 9.17) is 4.74 Å². The predicted octanol–water partition coefficient (Wildman–Crippen LogP) is 4.39. The van der Waals surface area contributed by atoms with Gasteiger partial charge in [-0.25, -0.2) is 4.39 Å². The van der Waals surface area contributed by atoms with Crippen LogP contribution < -0.4 is 9.64 Å². The fraction of sp³-hybridized carbons (Fsp3) is 0.273. The zero-order valence-electron chi connectivity index (χ0n) is 16.7. The zero-order valence-corrected chi connectivity index (χ0v) is 16.7. The topological polar surface area (TPSA) is 51.5 Å². The first-order valence-electron chi connectivity index (χ1n) is 9.07. The number of aryl methyl sites for hydroxylation is 2. The van der Waals surface area contributed by atoms with Gasteiger partial charge in [0.1, 0.15) is 5.75 Å². The van der Waals surface area contributed by atoms with Crippen molar-refractivity contribution in [2.75, 3.05) is 18.6 Å². The molecule has 3 rings (SSSR count). The maximum absolute atomic E-state index is 15.1. The Morgan fingerprint density at radius 1 is 1.21 bits per heavy atom. The van der Waals surface area contributed by atoms with Gasteiger partial charge in [0.15, 0.2) is 5.82 Å². The average Bonchev–Trinajstić information content (AvgIpc) is 2.95. The first kappa shape index (κ1) is 19.6. The van der Waals surface area contributed by atoms with Gasteiger partial charge < -0.3 is 9.64 Å². The second kappa shape index (κ2) is 7.46. The number of aromatic nitrogens is 1. The lowest BCUT2D eigenvalue weighted by Gasteiger charge is -2.16. The molecular weight excluding hydrogens is 359 g/mol. The number of rotatable bonds is 5. The first-order valence-corrected chi connectivity index (χ1v) is 9.07. The molecule has 1 amide bonds. The highest BCUT2D eigenvalue weighted by Crippen LogP contribution is 2.38. The molecular formula is C22H23FN2O3. The van der Waals surface area contributed by atoms with E-state index < -0.39 is 5.82 Å². The number of fused-ring (bicyclic) bond motifs is 1. The maximum atomic E-state index is 15.1. The summed E-state index contributed by atoms with van der Waals surface area (Å²) in [7, 11) is 1.45. The van der Waals surface area contributed by atoms with Crippen molar-refractivity contribution in [3.8, 4) is 5.75 Å². The number of nitrogens with zero attached hydrogens (tertiary/aromatic N) is 2. The van der Waals surface area contributed by atoms with E-state index >= 15 is 4.39 Å². The molecule has 0 atom stereocenters. The molecule has 3 aromatic rings. The maximum Gasteiger partial charge on any atom is 0.263 e. The molecule has 0 saturated heterocycles. The van der Waals surface area contributed by atoms with Crippen LogP contribution in [0.1, 0.15) is 34.1 Å². The molecule has 0 spiro atoms. The Morgan fingerprint density at radius 2 is 1.86 bits per heavy atom. The lowest BCUT2D eigenvalue weighted by Crippen LogP contribution is -2.22. The van der Waals surface area contributed by atoms with Crippen LogP contribution in [0, 0.1) is 26.6 Å². The number of methoxy groups -OCH3 is 1. The molecule has 1 heterocycles. The monoisotopic (exact) mass is 382 g/mol. The Labute approximate surface area is 163 Å². The number of halogens is 1. The van der Waals surface area contributed by atoms with Crippen molar-refractivity contribution in [2.45, 2.75) is 27.7 Å². The van der Waals surface area contributed by atoms with Crippen molar-refractivity contribution in [1.82, 2.24) is 4.57 Å². The van der Waals surface area contributed by atoms with E-state index in [1.54, 1.807) is 13.0 Å². The van der Waals surface area contributed by atoms with Crippen molar-refractivity contribution < 1.29 is 18.7 Å². The smallest absolute Gasteiger partial charge is 0.263 e. The highest BCUT2D eigenvalue weighted by Gasteiger charge is 2.27. The number of anilines is 1. The third-order valence-electron chi connectivity index (χ3n) is 5.08. The fourth-order valence-electron chi connectivity index (χ4n) is 3.73. The molecule has 0 saturated carbocycles. The van der Waals surface area contributed by atoms with Crippen LogP contribution in [0.15, 0.2) is 30.3 Å². The molecule has 0 aliphatic rings. The van der Waals surface area contributed by atoms with E-state index in [9.17, 15) is 9.59 Å². The summed E-state index contributed by atoms with van der Waals surface area (Å²) in [6, 6.07) is 8.49. The number of carbonyl (C=O) groups is 2. The lowest BCUT2D eigenvalue weighted by molar-refractivity contribution is -0.107. The summed E-state index contributed by atoms with van der Waals surface area (Å²) in [5.74, 6) is -0.578. The Kier molecular flexibility index (Phi) is 5.23. The van der Waals surface area contributed by atoms with E-state index in [0.717, 1.165) is 11.1 Å². The Hall–Kier alpha value is -3.15. The second-order valence-corrected chi connectivity index (χ2v) is 6.74. The van der Waals surface area contributed by atoms with Crippen LogP contribution in [-0.2, 0) is 4.79 Å². The van der Waals surface area contributed by atoms with E-state index in [1.807, 2.05) is 39.0 Å². The number of ether oxygens (including phenoxy) is 1. The third-order valence-corrected chi connectivity index (χ3v) is 5.08. The van der Waals surface area contributed by atoms with Crippen molar-refractivity contribution in [1.29, 1.82) is 0 Å². The normalized spacial score (nSPS) is 10.9. The summed E-state index contributed by atoms with van der Waals surface area (Å²) in [6.07, 6.45) is 0.687. The largest absolute Gasteiger partial charge is 0.497 e. The Morgan fingerprint density at radius 3 is 2.39 bits per heavy atom. The van der Waals surface area contributed by atoms with Gasteiger partial charge in [0, 0.05) is 29.3 Å². The molecule has 146 valence electrons. The molecule has 5 nitrogen and oxygen atoms in total. The molecule has 0 aliphatic heterocycles. The lowest BCUT2D eigenvalue weighted by atomic mass is 10.0. The molecule has 0 unspecified atom stereocenters. The highest BCUT2D eigenvalue weighted by atomic mass is 19.1. The van der Waals surface area contributed by atoms with Crippen LogP contribution in [0.2, 0.25) is 0 Å². The van der Waals surface area contributed by atoms with Crippen LogP contribution in [0.25, 0.3) is 10.9 Å². The molecule has 28 heavy (non-hydrogen) atoms. The summed E-state index contributed by atoms with van der Waals surface area (Å²) in [5, 5.41) is 0.461. The van der Waals surface area contributed by atoms with Gasteiger partial charge in [-0.05, 0) is 44.9 Å². The van der Waals surface area contributed by atoms with Gasteiger partial charge in [0.2, 0.25) is 6.41 Å². The minimum atomic E-state index is -0.578. The van der Waals surface area contributed by atoms with E-state index in [0.29, 0.717) is 41.0 Å². The van der Waals surface area contributed by atoms with Gasteiger partial charge >= 0.3 is 0 Å². The van der Waals surface area contributed by atoms with E-state index in [2.05, 4.69) is 0 Å². The van der Waals surface area contributed by atoms with Crippen molar-refractivity contribution in [3.63, 3.8) is 0 Å². The van der Waals surface area contributed by atoms with Crippen LogP contribution in [-0.4, -0.2) is 30.5 Å². The summed E-state index contributed by atoms with van der Waals surface area (Å²) >= 11 is 0. The van der Waals surface area contributed by atoms with Gasteiger partial charge in [0.05, 0.1) is 18.3 Å². The van der Waals surface area contributed by atoms with Crippen molar-refractivity contribution >= 4 is 28.9 Å². The summed E-state index contributed by atoms with van der Waals surface area (Å²) < 4.78 is 21.6. The molecule has 0 N–H and O–H groups in total. The molecule has 0 aliphatic carbocycles. The standard InChI is InChI=1S/C22H23FN2O3/c1-6-24(12-26)20-15(4)25(21-17(20)10-16(28-5)11-18(21)23)22(27)19-13(2)8-7-9-14(19)3/h7-12H,6H2,1-5H3. The van der Waals surface area contributed by atoms with Crippen molar-refractivity contribution in [3.05, 3.63) is 58.5 Å². The van der Waals surface area contributed by atoms with E-state index in [1.165, 1.54) is 22.6 Å². The summed E-state index contributed by atoms with van der Waals surface area (Å²) in [5.41, 5.74) is 3.29. The number of benzene rings is 2. The summed E-state index contributed by atoms with van der Waals surface area (Å²) in [4.78, 5) is 26.6. The molecule has 0 radical (unpaired) electrons. The summed E-state index contributed by atoms with van der Waals surface area (Å²) in [6.45, 7) is 7.64. The highest BCUT2D eigenvalue weighted by molar-refractivity contribution is 6.10. The van der Waals surface area contributed by atoms with Crippen LogP contribution in [0.5, 0.6) is 5.75 Å². The van der Waals surface area contributed by atoms with Gasteiger partial charge in [0.25, 0.3) is 5.91 Å².